The Hall–Kier alpha value is -4.65. The molecule has 0 fully saturated rings. The number of nitrogens with two attached hydrogens (primary N) is 4. The molecule has 0 amide bonds. The minimum absolute atomic E-state index is 0.0760. The first-order valence-corrected chi connectivity index (χ1v) is 13.5. The lowest BCUT2D eigenvalue weighted by Crippen LogP contribution is -2.22. The molecule has 0 aliphatic carbocycles. The van der Waals surface area contributed by atoms with E-state index in [-0.39, 0.29) is 77.6 Å². The van der Waals surface area contributed by atoms with Crippen LogP contribution in [0.5, 0.6) is 5.75 Å². The van der Waals surface area contributed by atoms with Crippen molar-refractivity contribution in [3.8, 4) is 51.7 Å². The lowest BCUT2D eigenvalue weighted by Gasteiger charge is -2.15. The SMILES string of the molecule is NCCC#Cc1cc(-c2cc(OCCCN)cc(-c3cc(C#CCCN=C(N)N)cc(C(F)(F)F)c3)c2)cc(C(F)(F)F)c1. The molecule has 3 rings (SSSR count). The minimum Gasteiger partial charge on any atom is -0.494 e. The number of nitrogens with zero attached hydrogens (tertiary/aromatic N) is 1. The Morgan fingerprint density at radius 2 is 1.16 bits per heavy atom. The summed E-state index contributed by atoms with van der Waals surface area (Å²) in [6.07, 6.45) is -8.40. The van der Waals surface area contributed by atoms with E-state index in [1.165, 1.54) is 30.3 Å². The Morgan fingerprint density at radius 1 is 0.659 bits per heavy atom. The largest absolute Gasteiger partial charge is 0.494 e. The predicted octanol–water partition coefficient (Wildman–Crippen LogP) is 5.50. The number of alkyl halides is 6. The van der Waals surface area contributed by atoms with Crippen LogP contribution in [0.15, 0.2) is 59.6 Å². The number of hydrogen-bond donors (Lipinski definition) is 4. The second-order valence-corrected chi connectivity index (χ2v) is 9.53. The quantitative estimate of drug-likeness (QED) is 0.0832. The summed E-state index contributed by atoms with van der Waals surface area (Å²) in [5.41, 5.74) is 20.7. The van der Waals surface area contributed by atoms with Crippen LogP contribution in [0.3, 0.4) is 0 Å². The molecule has 0 atom stereocenters. The third kappa shape index (κ3) is 10.3. The fourth-order valence-electron chi connectivity index (χ4n) is 3.99. The molecule has 0 aliphatic heterocycles. The van der Waals surface area contributed by atoms with E-state index in [1.54, 1.807) is 0 Å². The molecule has 0 unspecified atom stereocenters. The van der Waals surface area contributed by atoms with Crippen molar-refractivity contribution >= 4 is 5.96 Å². The maximum atomic E-state index is 13.9. The van der Waals surface area contributed by atoms with Gasteiger partial charge in [-0.2, -0.15) is 26.3 Å². The van der Waals surface area contributed by atoms with Gasteiger partial charge in [0.05, 0.1) is 24.3 Å². The fraction of sp³-hybridized carbons (Fsp3) is 0.281. The van der Waals surface area contributed by atoms with Crippen LogP contribution in [0.2, 0.25) is 0 Å². The first-order chi connectivity index (χ1) is 20.8. The molecule has 12 heteroatoms. The van der Waals surface area contributed by atoms with Crippen LogP contribution in [0.1, 0.15) is 41.5 Å². The molecule has 0 saturated heterocycles. The van der Waals surface area contributed by atoms with E-state index in [0.717, 1.165) is 24.3 Å². The molecule has 0 bridgehead atoms. The Morgan fingerprint density at radius 3 is 1.61 bits per heavy atom. The molecule has 0 aliphatic rings. The molecular weight excluding hydrogens is 584 g/mol. The number of aliphatic imine (C=N–C) groups is 1. The van der Waals surface area contributed by atoms with Crippen LogP contribution in [0, 0.1) is 23.7 Å². The second kappa shape index (κ2) is 15.2. The van der Waals surface area contributed by atoms with Gasteiger partial charge in [0.25, 0.3) is 0 Å². The molecule has 0 spiro atoms. The van der Waals surface area contributed by atoms with Crippen molar-refractivity contribution in [2.24, 2.45) is 27.9 Å². The van der Waals surface area contributed by atoms with Gasteiger partial charge in [-0.15, -0.1) is 0 Å². The summed E-state index contributed by atoms with van der Waals surface area (Å²) in [7, 11) is 0. The normalized spacial score (nSPS) is 11.2. The van der Waals surface area contributed by atoms with Gasteiger partial charge in [0, 0.05) is 30.5 Å². The van der Waals surface area contributed by atoms with Crippen LogP contribution in [-0.4, -0.2) is 32.2 Å². The molecule has 3 aromatic carbocycles. The molecule has 0 saturated carbocycles. The van der Waals surface area contributed by atoms with Crippen LogP contribution >= 0.6 is 0 Å². The van der Waals surface area contributed by atoms with Gasteiger partial charge in [0.15, 0.2) is 5.96 Å². The Kier molecular flexibility index (Phi) is 11.7. The number of benzene rings is 3. The van der Waals surface area contributed by atoms with E-state index in [4.69, 9.17) is 27.7 Å². The summed E-state index contributed by atoms with van der Waals surface area (Å²) in [6, 6.07) is 11.2. The number of ether oxygens (including phenoxy) is 1. The van der Waals surface area contributed by atoms with Gasteiger partial charge in [-0.25, -0.2) is 0 Å². The molecule has 0 heterocycles. The Balaban J connectivity index is 2.21. The van der Waals surface area contributed by atoms with E-state index in [2.05, 4.69) is 28.7 Å². The highest BCUT2D eigenvalue weighted by molar-refractivity contribution is 5.77. The van der Waals surface area contributed by atoms with Crippen LogP contribution in [0.4, 0.5) is 26.3 Å². The van der Waals surface area contributed by atoms with Gasteiger partial charge in [-0.1, -0.05) is 23.7 Å². The van der Waals surface area contributed by atoms with Gasteiger partial charge in [-0.05, 0) is 89.8 Å². The van der Waals surface area contributed by atoms with E-state index >= 15 is 0 Å². The van der Waals surface area contributed by atoms with E-state index in [9.17, 15) is 26.3 Å². The van der Waals surface area contributed by atoms with E-state index in [0.29, 0.717) is 13.0 Å². The van der Waals surface area contributed by atoms with Crippen molar-refractivity contribution in [3.05, 3.63) is 76.9 Å². The molecule has 6 nitrogen and oxygen atoms in total. The number of rotatable bonds is 9. The van der Waals surface area contributed by atoms with Crippen LogP contribution in [0.25, 0.3) is 22.3 Å². The summed E-state index contributed by atoms with van der Waals surface area (Å²) in [6.45, 7) is 0.920. The van der Waals surface area contributed by atoms with Gasteiger partial charge in [0.2, 0.25) is 0 Å². The smallest absolute Gasteiger partial charge is 0.416 e. The van der Waals surface area contributed by atoms with E-state index in [1.807, 2.05) is 0 Å². The topological polar surface area (TPSA) is 126 Å². The van der Waals surface area contributed by atoms with Gasteiger partial charge in [0.1, 0.15) is 5.75 Å². The third-order valence-electron chi connectivity index (χ3n) is 5.98. The highest BCUT2D eigenvalue weighted by Crippen LogP contribution is 2.38. The summed E-state index contributed by atoms with van der Waals surface area (Å²) in [5.74, 6) is 11.0. The molecule has 0 aromatic heterocycles. The predicted molar refractivity (Wildman–Crippen MR) is 159 cm³/mol. The average molecular weight is 616 g/mol. The minimum atomic E-state index is -4.69. The Labute approximate surface area is 251 Å². The van der Waals surface area contributed by atoms with Crippen molar-refractivity contribution in [1.29, 1.82) is 0 Å². The lowest BCUT2D eigenvalue weighted by atomic mass is 9.94. The van der Waals surface area contributed by atoms with Crippen LogP contribution in [-0.2, 0) is 12.4 Å². The zero-order chi connectivity index (χ0) is 32.3. The van der Waals surface area contributed by atoms with Crippen molar-refractivity contribution in [1.82, 2.24) is 0 Å². The highest BCUT2D eigenvalue weighted by atomic mass is 19.4. The summed E-state index contributed by atoms with van der Waals surface area (Å²) >= 11 is 0. The lowest BCUT2D eigenvalue weighted by molar-refractivity contribution is -0.138. The third-order valence-corrected chi connectivity index (χ3v) is 5.98. The fourth-order valence-corrected chi connectivity index (χ4v) is 3.99. The van der Waals surface area contributed by atoms with Crippen molar-refractivity contribution in [3.63, 3.8) is 0 Å². The van der Waals surface area contributed by atoms with Crippen molar-refractivity contribution < 1.29 is 31.1 Å². The highest BCUT2D eigenvalue weighted by Gasteiger charge is 2.32. The molecule has 8 N–H and O–H groups in total. The molecule has 44 heavy (non-hydrogen) atoms. The molecular formula is C32H31F6N5O. The maximum absolute atomic E-state index is 13.9. The monoisotopic (exact) mass is 615 g/mol. The standard InChI is InChI=1S/C32H31F6N5O/c33-31(34,35)27-14-21(6-1-3-8-39)12-23(17-27)25-16-26(20-29(19-25)44-11-5-9-40)24-13-22(7-2-4-10-43-30(41)42)15-28(18-24)32(36,37)38/h12-20H,3-5,8-11,39-40H2,(H4,41,42,43). The van der Waals surface area contributed by atoms with Crippen LogP contribution < -0.4 is 27.7 Å². The first kappa shape index (κ1) is 33.8. The summed E-state index contributed by atoms with van der Waals surface area (Å²) in [5, 5.41) is 0. The second-order valence-electron chi connectivity index (χ2n) is 9.53. The molecule has 3 aromatic rings. The molecule has 0 radical (unpaired) electrons. The summed E-state index contributed by atoms with van der Waals surface area (Å²) < 4.78 is 89.0. The van der Waals surface area contributed by atoms with Gasteiger partial charge < -0.3 is 27.7 Å². The van der Waals surface area contributed by atoms with Gasteiger partial charge in [-0.3, -0.25) is 4.99 Å². The zero-order valence-corrected chi connectivity index (χ0v) is 23.6. The average Bonchev–Trinajstić information content (AvgIpc) is 2.96. The summed E-state index contributed by atoms with van der Waals surface area (Å²) in [4.78, 5) is 3.79. The Bertz CT molecular complexity index is 1600. The van der Waals surface area contributed by atoms with Crippen molar-refractivity contribution in [2.45, 2.75) is 31.6 Å². The molecule has 232 valence electrons. The van der Waals surface area contributed by atoms with E-state index < -0.39 is 23.5 Å². The maximum Gasteiger partial charge on any atom is 0.416 e. The zero-order valence-electron chi connectivity index (χ0n) is 23.6. The first-order valence-electron chi connectivity index (χ1n) is 13.5. The number of guanidine groups is 1. The van der Waals surface area contributed by atoms with Gasteiger partial charge >= 0.3 is 12.4 Å². The van der Waals surface area contributed by atoms with Crippen molar-refractivity contribution in [2.75, 3.05) is 26.2 Å². The number of hydrogen-bond acceptors (Lipinski definition) is 4. The number of halogens is 6.